The van der Waals surface area contributed by atoms with Crippen molar-refractivity contribution in [2.75, 3.05) is 13.2 Å². The SMILES string of the molecule is CCOC(=O)c1nn(-c2nnc(C3CCCO3)s2)cc1C=O. The number of ether oxygens (including phenoxy) is 2. The van der Waals surface area contributed by atoms with Crippen molar-refractivity contribution >= 4 is 23.6 Å². The maximum atomic E-state index is 11.8. The maximum absolute atomic E-state index is 11.8. The van der Waals surface area contributed by atoms with Crippen LogP contribution in [0.3, 0.4) is 0 Å². The van der Waals surface area contributed by atoms with E-state index in [1.54, 1.807) is 6.92 Å². The average molecular weight is 322 g/mol. The van der Waals surface area contributed by atoms with E-state index in [-0.39, 0.29) is 24.0 Å². The first-order valence-electron chi connectivity index (χ1n) is 6.90. The summed E-state index contributed by atoms with van der Waals surface area (Å²) < 4.78 is 11.8. The number of aromatic nitrogens is 4. The van der Waals surface area contributed by atoms with Crippen LogP contribution in [0.4, 0.5) is 0 Å². The van der Waals surface area contributed by atoms with Crippen LogP contribution in [0.1, 0.15) is 51.7 Å². The zero-order valence-electron chi connectivity index (χ0n) is 11.9. The van der Waals surface area contributed by atoms with E-state index >= 15 is 0 Å². The monoisotopic (exact) mass is 322 g/mol. The number of esters is 1. The molecule has 2 aromatic rings. The van der Waals surface area contributed by atoms with Crippen molar-refractivity contribution in [3.63, 3.8) is 0 Å². The second-order valence-electron chi connectivity index (χ2n) is 4.64. The van der Waals surface area contributed by atoms with Gasteiger partial charge in [-0.2, -0.15) is 5.10 Å². The molecule has 9 heteroatoms. The molecular formula is C13H14N4O4S. The number of hydrogen-bond acceptors (Lipinski definition) is 8. The zero-order valence-corrected chi connectivity index (χ0v) is 12.7. The fourth-order valence-corrected chi connectivity index (χ4v) is 3.01. The molecule has 0 radical (unpaired) electrons. The molecule has 2 aromatic heterocycles. The molecule has 1 unspecified atom stereocenters. The number of carbonyl (C=O) groups excluding carboxylic acids is 2. The molecule has 0 N–H and O–H groups in total. The predicted molar refractivity (Wildman–Crippen MR) is 76.3 cm³/mol. The van der Waals surface area contributed by atoms with E-state index in [1.165, 1.54) is 22.2 Å². The quantitative estimate of drug-likeness (QED) is 0.609. The maximum Gasteiger partial charge on any atom is 0.359 e. The van der Waals surface area contributed by atoms with Gasteiger partial charge in [0.25, 0.3) is 0 Å². The number of rotatable bonds is 5. The van der Waals surface area contributed by atoms with Gasteiger partial charge in [0.05, 0.1) is 12.2 Å². The first-order chi connectivity index (χ1) is 10.7. The van der Waals surface area contributed by atoms with Gasteiger partial charge in [-0.3, -0.25) is 4.79 Å². The van der Waals surface area contributed by atoms with Crippen LogP contribution in [0.2, 0.25) is 0 Å². The first-order valence-corrected chi connectivity index (χ1v) is 7.72. The fraction of sp³-hybridized carbons (Fsp3) is 0.462. The Bertz CT molecular complexity index is 690. The summed E-state index contributed by atoms with van der Waals surface area (Å²) in [6.07, 6.45) is 3.90. The van der Waals surface area contributed by atoms with Gasteiger partial charge >= 0.3 is 5.97 Å². The van der Waals surface area contributed by atoms with Gasteiger partial charge in [0.2, 0.25) is 5.13 Å². The molecule has 1 fully saturated rings. The Balaban J connectivity index is 1.88. The lowest BCUT2D eigenvalue weighted by Crippen LogP contribution is -2.08. The molecule has 0 spiro atoms. The topological polar surface area (TPSA) is 96.2 Å². The average Bonchev–Trinajstić information content (AvgIpc) is 3.25. The number of aldehydes is 1. The lowest BCUT2D eigenvalue weighted by atomic mass is 10.2. The third-order valence-corrected chi connectivity index (χ3v) is 4.17. The Hall–Kier alpha value is -2.13. The summed E-state index contributed by atoms with van der Waals surface area (Å²) in [5.41, 5.74) is 0.137. The Kier molecular flexibility index (Phi) is 4.25. The van der Waals surface area contributed by atoms with E-state index in [2.05, 4.69) is 15.3 Å². The van der Waals surface area contributed by atoms with Crippen LogP contribution in [0, 0.1) is 0 Å². The summed E-state index contributed by atoms with van der Waals surface area (Å²) in [5.74, 6) is -0.632. The van der Waals surface area contributed by atoms with Gasteiger partial charge in [0, 0.05) is 12.8 Å². The van der Waals surface area contributed by atoms with Crippen molar-refractivity contribution in [1.82, 2.24) is 20.0 Å². The van der Waals surface area contributed by atoms with E-state index in [1.807, 2.05) is 0 Å². The molecule has 0 bridgehead atoms. The summed E-state index contributed by atoms with van der Waals surface area (Å²) in [5, 5.41) is 13.5. The van der Waals surface area contributed by atoms with Gasteiger partial charge in [0.15, 0.2) is 12.0 Å². The second kappa shape index (κ2) is 6.32. The zero-order chi connectivity index (χ0) is 15.5. The van der Waals surface area contributed by atoms with E-state index in [0.29, 0.717) is 11.4 Å². The molecule has 1 atom stereocenters. The van der Waals surface area contributed by atoms with Crippen molar-refractivity contribution in [2.45, 2.75) is 25.9 Å². The normalized spacial score (nSPS) is 17.6. The van der Waals surface area contributed by atoms with Crippen LogP contribution >= 0.6 is 11.3 Å². The molecule has 116 valence electrons. The standard InChI is InChI=1S/C13H14N4O4S/c1-2-20-12(19)10-8(7-18)6-17(16-10)13-15-14-11(22-13)9-4-3-5-21-9/h6-7,9H,2-5H2,1H3. The number of hydrogen-bond donors (Lipinski definition) is 0. The molecular weight excluding hydrogens is 308 g/mol. The summed E-state index contributed by atoms with van der Waals surface area (Å²) in [6, 6.07) is 0. The van der Waals surface area contributed by atoms with Crippen molar-refractivity contribution in [3.05, 3.63) is 22.5 Å². The third kappa shape index (κ3) is 2.77. The molecule has 0 amide bonds. The number of carbonyl (C=O) groups is 2. The van der Waals surface area contributed by atoms with Crippen LogP contribution in [-0.4, -0.2) is 45.4 Å². The Morgan fingerprint density at radius 2 is 2.45 bits per heavy atom. The van der Waals surface area contributed by atoms with E-state index in [0.717, 1.165) is 24.5 Å². The lowest BCUT2D eigenvalue weighted by Gasteiger charge is -2.01. The minimum absolute atomic E-state index is 0.0225. The minimum atomic E-state index is -0.632. The van der Waals surface area contributed by atoms with E-state index in [4.69, 9.17) is 9.47 Å². The summed E-state index contributed by atoms with van der Waals surface area (Å²) in [4.78, 5) is 22.9. The second-order valence-corrected chi connectivity index (χ2v) is 5.63. The first kappa shape index (κ1) is 14.8. The molecule has 1 aliphatic rings. The Morgan fingerprint density at radius 1 is 1.59 bits per heavy atom. The molecule has 3 heterocycles. The molecule has 3 rings (SSSR count). The molecule has 0 saturated carbocycles. The fourth-order valence-electron chi connectivity index (χ4n) is 2.15. The number of nitrogens with zero attached hydrogens (tertiary/aromatic N) is 4. The molecule has 0 aromatic carbocycles. The summed E-state index contributed by atoms with van der Waals surface area (Å²) in [6.45, 7) is 2.63. The van der Waals surface area contributed by atoms with Gasteiger partial charge in [-0.15, -0.1) is 10.2 Å². The van der Waals surface area contributed by atoms with Crippen molar-refractivity contribution in [3.8, 4) is 5.13 Å². The minimum Gasteiger partial charge on any atom is -0.461 e. The molecule has 8 nitrogen and oxygen atoms in total. The van der Waals surface area contributed by atoms with Crippen LogP contribution in [0.15, 0.2) is 6.20 Å². The third-order valence-electron chi connectivity index (χ3n) is 3.17. The van der Waals surface area contributed by atoms with Crippen molar-refractivity contribution < 1.29 is 19.1 Å². The lowest BCUT2D eigenvalue weighted by molar-refractivity contribution is 0.0517. The highest BCUT2D eigenvalue weighted by atomic mass is 32.1. The van der Waals surface area contributed by atoms with Crippen molar-refractivity contribution in [2.24, 2.45) is 0 Å². The predicted octanol–water partition coefficient (Wildman–Crippen LogP) is 1.56. The van der Waals surface area contributed by atoms with E-state index in [9.17, 15) is 9.59 Å². The van der Waals surface area contributed by atoms with E-state index < -0.39 is 5.97 Å². The molecule has 0 aliphatic carbocycles. The van der Waals surface area contributed by atoms with Gasteiger partial charge < -0.3 is 9.47 Å². The van der Waals surface area contributed by atoms with Crippen LogP contribution in [0.5, 0.6) is 0 Å². The molecule has 22 heavy (non-hydrogen) atoms. The van der Waals surface area contributed by atoms with Crippen LogP contribution in [-0.2, 0) is 9.47 Å². The van der Waals surface area contributed by atoms with Crippen molar-refractivity contribution in [1.29, 1.82) is 0 Å². The van der Waals surface area contributed by atoms with Gasteiger partial charge in [-0.1, -0.05) is 11.3 Å². The highest BCUT2D eigenvalue weighted by Gasteiger charge is 2.24. The molecule has 1 aliphatic heterocycles. The highest BCUT2D eigenvalue weighted by molar-refractivity contribution is 7.13. The van der Waals surface area contributed by atoms with Gasteiger partial charge in [-0.05, 0) is 19.8 Å². The Morgan fingerprint density at radius 3 is 3.14 bits per heavy atom. The van der Waals surface area contributed by atoms with Gasteiger partial charge in [-0.25, -0.2) is 9.48 Å². The summed E-state index contributed by atoms with van der Waals surface area (Å²) >= 11 is 1.33. The van der Waals surface area contributed by atoms with Crippen LogP contribution < -0.4 is 0 Å². The smallest absolute Gasteiger partial charge is 0.359 e. The van der Waals surface area contributed by atoms with Gasteiger partial charge in [0.1, 0.15) is 11.1 Å². The highest BCUT2D eigenvalue weighted by Crippen LogP contribution is 2.31. The summed E-state index contributed by atoms with van der Waals surface area (Å²) in [7, 11) is 0. The van der Waals surface area contributed by atoms with Crippen LogP contribution in [0.25, 0.3) is 5.13 Å². The largest absolute Gasteiger partial charge is 0.461 e. The Labute approximate surface area is 130 Å². The molecule has 1 saturated heterocycles.